The molecule has 0 aromatic rings. The molecule has 0 radical (unpaired) electrons. The number of hydrogen-bond donors (Lipinski definition) is 2. The predicted octanol–water partition coefficient (Wildman–Crippen LogP) is 0.409. The molecular weight excluding hydrogens is 240 g/mol. The Bertz CT molecular complexity index is 296. The summed E-state index contributed by atoms with van der Waals surface area (Å²) >= 11 is 0. The Kier molecular flexibility index (Phi) is 7.23. The summed E-state index contributed by atoms with van der Waals surface area (Å²) in [6.07, 6.45) is 2.71. The van der Waals surface area contributed by atoms with E-state index in [-0.39, 0.29) is 0 Å². The molecule has 104 valence electrons. The highest BCUT2D eigenvalue weighted by molar-refractivity contribution is 7.88. The van der Waals surface area contributed by atoms with Gasteiger partial charge in [0, 0.05) is 13.1 Å². The minimum absolute atomic E-state index is 0.516. The van der Waals surface area contributed by atoms with Crippen molar-refractivity contribution in [3.8, 4) is 0 Å². The van der Waals surface area contributed by atoms with Crippen LogP contribution in [0.2, 0.25) is 0 Å². The fourth-order valence-corrected chi connectivity index (χ4v) is 2.39. The molecule has 0 amide bonds. The molecule has 0 aliphatic rings. The second kappa shape index (κ2) is 7.31. The van der Waals surface area contributed by atoms with Crippen LogP contribution in [0.3, 0.4) is 0 Å². The van der Waals surface area contributed by atoms with Gasteiger partial charge in [-0.05, 0) is 39.8 Å². The molecule has 0 aliphatic carbocycles. The molecule has 17 heavy (non-hydrogen) atoms. The summed E-state index contributed by atoms with van der Waals surface area (Å²) in [6.45, 7) is 7.96. The molecular formula is C11H26N2O3S. The van der Waals surface area contributed by atoms with Crippen LogP contribution in [0.5, 0.6) is 0 Å². The third-order valence-electron chi connectivity index (χ3n) is 2.50. The zero-order chi connectivity index (χ0) is 13.5. The highest BCUT2D eigenvalue weighted by atomic mass is 32.2. The van der Waals surface area contributed by atoms with Crippen molar-refractivity contribution in [1.82, 2.24) is 9.62 Å². The first-order valence-electron chi connectivity index (χ1n) is 6.05. The number of aliphatic hydroxyl groups is 1. The van der Waals surface area contributed by atoms with Crippen molar-refractivity contribution < 1.29 is 13.5 Å². The van der Waals surface area contributed by atoms with Crippen molar-refractivity contribution >= 4 is 10.0 Å². The van der Waals surface area contributed by atoms with Crippen molar-refractivity contribution in [2.75, 3.05) is 32.4 Å². The molecule has 6 heteroatoms. The van der Waals surface area contributed by atoms with Gasteiger partial charge in [-0.25, -0.2) is 12.7 Å². The van der Waals surface area contributed by atoms with Gasteiger partial charge in [-0.3, -0.25) is 0 Å². The number of nitrogens with one attached hydrogen (secondary N) is 1. The molecule has 0 atom stereocenters. The lowest BCUT2D eigenvalue weighted by molar-refractivity contribution is 0.0712. The molecule has 2 N–H and O–H groups in total. The first-order chi connectivity index (χ1) is 7.67. The number of rotatable bonds is 9. The van der Waals surface area contributed by atoms with Crippen molar-refractivity contribution in [2.24, 2.45) is 0 Å². The monoisotopic (exact) mass is 266 g/mol. The van der Waals surface area contributed by atoms with E-state index in [0.29, 0.717) is 19.5 Å². The van der Waals surface area contributed by atoms with Crippen LogP contribution < -0.4 is 5.32 Å². The van der Waals surface area contributed by atoms with Gasteiger partial charge in [-0.2, -0.15) is 0 Å². The molecule has 0 saturated heterocycles. The summed E-state index contributed by atoms with van der Waals surface area (Å²) in [4.78, 5) is 0. The molecule has 0 saturated carbocycles. The molecule has 0 aliphatic heterocycles. The predicted molar refractivity (Wildman–Crippen MR) is 70.5 cm³/mol. The third kappa shape index (κ3) is 9.52. The second-order valence-electron chi connectivity index (χ2n) is 4.92. The van der Waals surface area contributed by atoms with Gasteiger partial charge in [0.25, 0.3) is 0 Å². The summed E-state index contributed by atoms with van der Waals surface area (Å²) in [7, 11) is -3.07. The average molecular weight is 266 g/mol. The van der Waals surface area contributed by atoms with Gasteiger partial charge < -0.3 is 10.4 Å². The Hall–Kier alpha value is -0.170. The van der Waals surface area contributed by atoms with Crippen LogP contribution in [0, 0.1) is 0 Å². The fraction of sp³-hybridized carbons (Fsp3) is 1.00. The maximum atomic E-state index is 11.3. The van der Waals surface area contributed by atoms with Crippen LogP contribution in [0.4, 0.5) is 0 Å². The van der Waals surface area contributed by atoms with E-state index in [1.807, 2.05) is 6.92 Å². The van der Waals surface area contributed by atoms with Gasteiger partial charge in [0.1, 0.15) is 0 Å². The van der Waals surface area contributed by atoms with E-state index in [9.17, 15) is 13.5 Å². The van der Waals surface area contributed by atoms with Gasteiger partial charge in [0.2, 0.25) is 10.0 Å². The van der Waals surface area contributed by atoms with Crippen molar-refractivity contribution in [3.05, 3.63) is 0 Å². The molecule has 0 bridgehead atoms. The largest absolute Gasteiger partial charge is 0.390 e. The Morgan fingerprint density at radius 1 is 1.29 bits per heavy atom. The third-order valence-corrected chi connectivity index (χ3v) is 3.88. The summed E-state index contributed by atoms with van der Waals surface area (Å²) in [5, 5.41) is 12.7. The van der Waals surface area contributed by atoms with Crippen LogP contribution >= 0.6 is 0 Å². The highest BCUT2D eigenvalue weighted by Crippen LogP contribution is 2.05. The van der Waals surface area contributed by atoms with Gasteiger partial charge in [0.05, 0.1) is 11.9 Å². The summed E-state index contributed by atoms with van der Waals surface area (Å²) in [5.41, 5.74) is -0.644. The average Bonchev–Trinajstić information content (AvgIpc) is 2.12. The van der Waals surface area contributed by atoms with Crippen LogP contribution in [0.15, 0.2) is 0 Å². The number of sulfonamides is 1. The lowest BCUT2D eigenvalue weighted by Gasteiger charge is -2.19. The Labute approximate surface area is 105 Å². The molecule has 5 nitrogen and oxygen atoms in total. The minimum atomic E-state index is -3.07. The van der Waals surface area contributed by atoms with Crippen molar-refractivity contribution in [2.45, 2.75) is 39.2 Å². The molecule has 0 aromatic carbocycles. The van der Waals surface area contributed by atoms with Gasteiger partial charge in [-0.15, -0.1) is 0 Å². The smallest absolute Gasteiger partial charge is 0.211 e. The standard InChI is InChI=1S/C11H26N2O3S/c1-5-13(17(4,15)16)10-6-8-12-9-7-11(2,3)14/h12,14H,5-10H2,1-4H3. The van der Waals surface area contributed by atoms with Gasteiger partial charge in [0.15, 0.2) is 0 Å². The van der Waals surface area contributed by atoms with E-state index in [1.54, 1.807) is 13.8 Å². The zero-order valence-electron chi connectivity index (χ0n) is 11.4. The van der Waals surface area contributed by atoms with E-state index in [1.165, 1.54) is 10.6 Å². The molecule has 0 spiro atoms. The maximum Gasteiger partial charge on any atom is 0.211 e. The lowest BCUT2D eigenvalue weighted by Crippen LogP contribution is -2.33. The molecule has 0 heterocycles. The first kappa shape index (κ1) is 16.8. The van der Waals surface area contributed by atoms with Crippen LogP contribution in [-0.4, -0.2) is 55.9 Å². The number of nitrogens with zero attached hydrogens (tertiary/aromatic N) is 1. The SMILES string of the molecule is CCN(CCCNCCC(C)(C)O)S(C)(=O)=O. The molecule has 0 rings (SSSR count). The zero-order valence-corrected chi connectivity index (χ0v) is 12.2. The molecule has 0 fully saturated rings. The maximum absolute atomic E-state index is 11.3. The normalized spacial score (nSPS) is 13.3. The van der Waals surface area contributed by atoms with E-state index in [2.05, 4.69) is 5.32 Å². The van der Waals surface area contributed by atoms with E-state index < -0.39 is 15.6 Å². The van der Waals surface area contributed by atoms with Crippen molar-refractivity contribution in [3.63, 3.8) is 0 Å². The first-order valence-corrected chi connectivity index (χ1v) is 7.90. The van der Waals surface area contributed by atoms with E-state index in [4.69, 9.17) is 0 Å². The summed E-state index contributed by atoms with van der Waals surface area (Å²) in [5.74, 6) is 0. The Morgan fingerprint density at radius 3 is 2.29 bits per heavy atom. The summed E-state index contributed by atoms with van der Waals surface area (Å²) < 4.78 is 24.0. The van der Waals surface area contributed by atoms with Gasteiger partial charge >= 0.3 is 0 Å². The summed E-state index contributed by atoms with van der Waals surface area (Å²) in [6, 6.07) is 0. The van der Waals surface area contributed by atoms with E-state index in [0.717, 1.165) is 19.5 Å². The molecule has 0 unspecified atom stereocenters. The van der Waals surface area contributed by atoms with Gasteiger partial charge in [-0.1, -0.05) is 6.92 Å². The quantitative estimate of drug-likeness (QED) is 0.593. The number of hydrogen-bond acceptors (Lipinski definition) is 4. The lowest BCUT2D eigenvalue weighted by atomic mass is 10.1. The fourth-order valence-electron chi connectivity index (χ4n) is 1.46. The minimum Gasteiger partial charge on any atom is -0.390 e. The molecule has 0 aromatic heterocycles. The van der Waals surface area contributed by atoms with Crippen molar-refractivity contribution in [1.29, 1.82) is 0 Å². The Morgan fingerprint density at radius 2 is 1.88 bits per heavy atom. The van der Waals surface area contributed by atoms with E-state index >= 15 is 0 Å². The second-order valence-corrected chi connectivity index (χ2v) is 6.90. The Balaban J connectivity index is 3.64. The van der Waals surface area contributed by atoms with Crippen LogP contribution in [-0.2, 0) is 10.0 Å². The topological polar surface area (TPSA) is 69.6 Å². The van der Waals surface area contributed by atoms with Crippen LogP contribution in [0.25, 0.3) is 0 Å². The highest BCUT2D eigenvalue weighted by Gasteiger charge is 2.13. The van der Waals surface area contributed by atoms with Crippen LogP contribution in [0.1, 0.15) is 33.6 Å².